The first-order chi connectivity index (χ1) is 20.6. The number of hydrogen-bond acceptors (Lipinski definition) is 5. The number of nitrogens with zero attached hydrogens (tertiary/aromatic N) is 3. The second-order valence-electron chi connectivity index (χ2n) is 12.4. The SMILES string of the molecule is C=CCN(C)C(=O)[C@@H]1[C@@H]2CC(C)C3(S2)C(C(=O)N(CC=C)c2cc(C)ccc2C)N([C@@H](CO)Cc2ccccc2)C(=O)[C@H]13. The minimum Gasteiger partial charge on any atom is -0.394 e. The summed E-state index contributed by atoms with van der Waals surface area (Å²) in [5, 5.41) is 10.7. The molecule has 0 aliphatic carbocycles. The van der Waals surface area contributed by atoms with E-state index in [1.807, 2.05) is 62.4 Å². The van der Waals surface area contributed by atoms with Crippen LogP contribution >= 0.6 is 11.8 Å². The zero-order valence-corrected chi connectivity index (χ0v) is 26.4. The number of rotatable bonds is 11. The molecule has 43 heavy (non-hydrogen) atoms. The average Bonchev–Trinajstić information content (AvgIpc) is 3.59. The minimum atomic E-state index is -0.849. The van der Waals surface area contributed by atoms with Crippen LogP contribution in [0.1, 0.15) is 30.0 Å². The van der Waals surface area contributed by atoms with E-state index in [0.717, 1.165) is 28.8 Å². The third-order valence-electron chi connectivity index (χ3n) is 9.63. The summed E-state index contributed by atoms with van der Waals surface area (Å²) in [6, 6.07) is 14.3. The standard InChI is InChI=1S/C35H43N3O4S/c1-7-16-36(6)32(40)29-28-19-24(5)35(43-28)30(29)33(41)38(26(21-39)20-25-12-10-9-11-13-25)31(35)34(42)37(17-8-2)27-18-22(3)14-15-23(27)4/h7-15,18,24,26,28-31,39H,1-2,16-17,19-21H2,3-6H3/t24?,26-,28+,29-,30+,31?,35?/m1/s1. The minimum absolute atomic E-state index is 0.0180. The first-order valence-corrected chi connectivity index (χ1v) is 16.0. The zero-order valence-electron chi connectivity index (χ0n) is 25.6. The van der Waals surface area contributed by atoms with Gasteiger partial charge in [-0.2, -0.15) is 0 Å². The fraction of sp³-hybridized carbons (Fsp3) is 0.457. The molecule has 0 radical (unpaired) electrons. The topological polar surface area (TPSA) is 81.2 Å². The van der Waals surface area contributed by atoms with Crippen molar-refractivity contribution in [1.82, 2.24) is 9.80 Å². The Balaban J connectivity index is 1.66. The van der Waals surface area contributed by atoms with E-state index < -0.39 is 28.7 Å². The summed E-state index contributed by atoms with van der Waals surface area (Å²) in [5.74, 6) is -1.66. The number of aryl methyl sites for hydroxylation is 2. The van der Waals surface area contributed by atoms with E-state index in [2.05, 4.69) is 20.1 Å². The number of fused-ring (bicyclic) bond motifs is 1. The highest BCUT2D eigenvalue weighted by molar-refractivity contribution is 8.02. The molecule has 3 heterocycles. The van der Waals surface area contributed by atoms with Gasteiger partial charge in [-0.15, -0.1) is 24.9 Å². The molecule has 3 amide bonds. The van der Waals surface area contributed by atoms with Crippen molar-refractivity contribution in [1.29, 1.82) is 0 Å². The largest absolute Gasteiger partial charge is 0.394 e. The highest BCUT2D eigenvalue weighted by atomic mass is 32.2. The lowest BCUT2D eigenvalue weighted by atomic mass is 9.65. The van der Waals surface area contributed by atoms with Gasteiger partial charge in [0.05, 0.1) is 29.2 Å². The summed E-state index contributed by atoms with van der Waals surface area (Å²) in [7, 11) is 1.74. The fourth-order valence-corrected chi connectivity index (χ4v) is 10.1. The molecule has 7 nitrogen and oxygen atoms in total. The van der Waals surface area contributed by atoms with Crippen LogP contribution in [0, 0.1) is 31.6 Å². The third-order valence-corrected chi connectivity index (χ3v) is 11.7. The van der Waals surface area contributed by atoms with Crippen molar-refractivity contribution in [3.8, 4) is 0 Å². The Kier molecular flexibility index (Phi) is 8.91. The molecule has 3 unspecified atom stereocenters. The smallest absolute Gasteiger partial charge is 0.251 e. The Morgan fingerprint density at radius 1 is 1.12 bits per heavy atom. The molecule has 3 aliphatic rings. The molecule has 3 aliphatic heterocycles. The van der Waals surface area contributed by atoms with Crippen LogP contribution in [-0.2, 0) is 20.8 Å². The maximum absolute atomic E-state index is 15.1. The van der Waals surface area contributed by atoms with Gasteiger partial charge in [0.2, 0.25) is 11.8 Å². The van der Waals surface area contributed by atoms with E-state index in [1.165, 1.54) is 0 Å². The van der Waals surface area contributed by atoms with Gasteiger partial charge in [-0.3, -0.25) is 14.4 Å². The highest BCUT2D eigenvalue weighted by Gasteiger charge is 2.77. The van der Waals surface area contributed by atoms with Crippen molar-refractivity contribution in [3.05, 3.63) is 90.5 Å². The van der Waals surface area contributed by atoms with Crippen LogP contribution in [0.3, 0.4) is 0 Å². The average molecular weight is 602 g/mol. The van der Waals surface area contributed by atoms with Crippen molar-refractivity contribution < 1.29 is 19.5 Å². The van der Waals surface area contributed by atoms with Crippen LogP contribution in [0.2, 0.25) is 0 Å². The number of carbonyl (C=O) groups excluding carboxylic acids is 3. The predicted octanol–water partition coefficient (Wildman–Crippen LogP) is 4.41. The summed E-state index contributed by atoms with van der Waals surface area (Å²) in [5.41, 5.74) is 3.72. The Bertz CT molecular complexity index is 1410. The number of aliphatic hydroxyl groups excluding tert-OH is 1. The van der Waals surface area contributed by atoms with E-state index in [0.29, 0.717) is 13.0 Å². The Labute approximate surface area is 259 Å². The highest BCUT2D eigenvalue weighted by Crippen LogP contribution is 2.69. The Hall–Kier alpha value is -3.36. The fourth-order valence-electron chi connectivity index (χ4n) is 7.68. The van der Waals surface area contributed by atoms with Crippen LogP contribution in [-0.4, -0.2) is 81.5 Å². The summed E-state index contributed by atoms with van der Waals surface area (Å²) in [4.78, 5) is 48.8. The number of aliphatic hydroxyl groups is 1. The molecule has 3 saturated heterocycles. The lowest BCUT2D eigenvalue weighted by Crippen LogP contribution is -2.60. The van der Waals surface area contributed by atoms with Gasteiger partial charge in [-0.25, -0.2) is 0 Å². The third kappa shape index (κ3) is 5.12. The predicted molar refractivity (Wildman–Crippen MR) is 173 cm³/mol. The second-order valence-corrected chi connectivity index (χ2v) is 13.9. The first-order valence-electron chi connectivity index (χ1n) is 15.1. The van der Waals surface area contributed by atoms with Gasteiger partial charge in [0.15, 0.2) is 0 Å². The van der Waals surface area contributed by atoms with Crippen LogP contribution in [0.15, 0.2) is 73.8 Å². The summed E-state index contributed by atoms with van der Waals surface area (Å²) in [6.07, 6.45) is 4.54. The molecule has 7 atom stereocenters. The van der Waals surface area contributed by atoms with Gasteiger partial charge >= 0.3 is 0 Å². The number of likely N-dealkylation sites (tertiary alicyclic amines) is 1. The van der Waals surface area contributed by atoms with Gasteiger partial charge in [0.25, 0.3) is 5.91 Å². The van der Waals surface area contributed by atoms with Gasteiger partial charge in [-0.05, 0) is 55.4 Å². The van der Waals surface area contributed by atoms with Crippen LogP contribution < -0.4 is 4.90 Å². The Morgan fingerprint density at radius 2 is 1.81 bits per heavy atom. The first kappa shape index (κ1) is 31.1. The maximum Gasteiger partial charge on any atom is 0.251 e. The van der Waals surface area contributed by atoms with Crippen LogP contribution in [0.5, 0.6) is 0 Å². The van der Waals surface area contributed by atoms with Crippen LogP contribution in [0.4, 0.5) is 5.69 Å². The molecule has 2 bridgehead atoms. The number of carbonyl (C=O) groups is 3. The lowest BCUT2D eigenvalue weighted by molar-refractivity contribution is -0.145. The number of benzene rings is 2. The number of hydrogen-bond donors (Lipinski definition) is 1. The molecule has 2 aromatic rings. The van der Waals surface area contributed by atoms with Gasteiger partial charge < -0.3 is 19.8 Å². The van der Waals surface area contributed by atoms with Crippen molar-refractivity contribution in [2.24, 2.45) is 17.8 Å². The van der Waals surface area contributed by atoms with Crippen LogP contribution in [0.25, 0.3) is 0 Å². The molecule has 3 fully saturated rings. The molecule has 1 N–H and O–H groups in total. The molecule has 0 aromatic heterocycles. The lowest BCUT2D eigenvalue weighted by Gasteiger charge is -2.42. The molecular formula is C35H43N3O4S. The molecule has 228 valence electrons. The van der Waals surface area contributed by atoms with Gasteiger partial charge in [0, 0.05) is 31.1 Å². The monoisotopic (exact) mass is 601 g/mol. The molecule has 1 spiro atoms. The van der Waals surface area contributed by atoms with Gasteiger partial charge in [-0.1, -0.05) is 61.5 Å². The molecule has 5 rings (SSSR count). The number of likely N-dealkylation sites (N-methyl/N-ethyl adjacent to an activating group) is 1. The van der Waals surface area contributed by atoms with Gasteiger partial charge in [0.1, 0.15) is 6.04 Å². The van der Waals surface area contributed by atoms with Crippen molar-refractivity contribution in [2.75, 3.05) is 31.6 Å². The normalized spacial score (nSPS) is 28.0. The zero-order chi connectivity index (χ0) is 31.1. The van der Waals surface area contributed by atoms with E-state index in [9.17, 15) is 14.7 Å². The summed E-state index contributed by atoms with van der Waals surface area (Å²) >= 11 is 1.65. The molecule has 2 aromatic carbocycles. The van der Waals surface area contributed by atoms with Crippen molar-refractivity contribution in [3.63, 3.8) is 0 Å². The maximum atomic E-state index is 15.1. The van der Waals surface area contributed by atoms with E-state index in [1.54, 1.807) is 45.7 Å². The number of amides is 3. The van der Waals surface area contributed by atoms with E-state index in [4.69, 9.17) is 0 Å². The Morgan fingerprint density at radius 3 is 2.47 bits per heavy atom. The van der Waals surface area contributed by atoms with E-state index in [-0.39, 0.29) is 42.0 Å². The van der Waals surface area contributed by atoms with Crippen molar-refractivity contribution >= 4 is 35.2 Å². The number of thioether (sulfide) groups is 1. The second kappa shape index (κ2) is 12.3. The molecular weight excluding hydrogens is 558 g/mol. The molecule has 0 saturated carbocycles. The quantitative estimate of drug-likeness (QED) is 0.386. The van der Waals surface area contributed by atoms with E-state index >= 15 is 4.79 Å². The summed E-state index contributed by atoms with van der Waals surface area (Å²) in [6.45, 7) is 14.2. The number of anilines is 1. The summed E-state index contributed by atoms with van der Waals surface area (Å²) < 4.78 is -0.796. The van der Waals surface area contributed by atoms with Crippen molar-refractivity contribution in [2.45, 2.75) is 55.7 Å². The molecule has 8 heteroatoms.